The molecule has 0 bridgehead atoms. The number of benzene rings is 3. The van der Waals surface area contributed by atoms with Crippen LogP contribution in [0.1, 0.15) is 23.9 Å². The minimum Gasteiger partial charge on any atom is -0.311 e. The van der Waals surface area contributed by atoms with Crippen LogP contribution in [0.3, 0.4) is 0 Å². The van der Waals surface area contributed by atoms with Crippen LogP contribution in [-0.2, 0) is 15.7 Å². The number of halogens is 1. The molecule has 0 saturated carbocycles. The van der Waals surface area contributed by atoms with Crippen molar-refractivity contribution < 1.29 is 4.79 Å². The summed E-state index contributed by atoms with van der Waals surface area (Å²) >= 11 is 6.54. The van der Waals surface area contributed by atoms with Gasteiger partial charge in [-0.05, 0) is 55.9 Å². The zero-order chi connectivity index (χ0) is 27.3. The lowest BCUT2D eigenvalue weighted by Gasteiger charge is -2.41. The van der Waals surface area contributed by atoms with Crippen LogP contribution in [0.4, 0.5) is 5.69 Å². The summed E-state index contributed by atoms with van der Waals surface area (Å²) in [5, 5.41) is 23.1. The van der Waals surface area contributed by atoms with Crippen molar-refractivity contribution in [2.75, 3.05) is 25.0 Å². The van der Waals surface area contributed by atoms with Crippen LogP contribution >= 0.6 is 11.6 Å². The second kappa shape index (κ2) is 7.54. The van der Waals surface area contributed by atoms with Crippen molar-refractivity contribution in [3.05, 3.63) is 99.1 Å². The summed E-state index contributed by atoms with van der Waals surface area (Å²) in [7, 11) is 1.78. The molecule has 1 unspecified atom stereocenters. The summed E-state index contributed by atoms with van der Waals surface area (Å²) in [4.78, 5) is 36.9. The molecule has 4 heterocycles. The lowest BCUT2D eigenvalue weighted by Crippen LogP contribution is -2.57. The van der Waals surface area contributed by atoms with Crippen molar-refractivity contribution in [3.63, 3.8) is 0 Å². The van der Waals surface area contributed by atoms with Crippen molar-refractivity contribution in [2.45, 2.75) is 17.9 Å². The zero-order valence-corrected chi connectivity index (χ0v) is 21.9. The average Bonchev–Trinajstić information content (AvgIpc) is 3.47. The third kappa shape index (κ3) is 2.33. The molecule has 2 atom stereocenters. The summed E-state index contributed by atoms with van der Waals surface area (Å²) in [6.07, 6.45) is 0. The minimum absolute atomic E-state index is 0.0646. The molecule has 2 spiro atoms. The Kier molecular flexibility index (Phi) is 4.56. The first-order valence-corrected chi connectivity index (χ1v) is 13.0. The number of likely N-dealkylation sites (N-methyl/N-ethyl adjacent to an activating group) is 2. The molecule has 0 radical (unpaired) electrons. The zero-order valence-electron chi connectivity index (χ0n) is 21.1. The first-order chi connectivity index (χ1) is 18.8. The molecule has 190 valence electrons. The van der Waals surface area contributed by atoms with Gasteiger partial charge in [-0.1, -0.05) is 41.9 Å². The van der Waals surface area contributed by atoms with Crippen LogP contribution in [0.5, 0.6) is 0 Å². The first-order valence-electron chi connectivity index (χ1n) is 12.6. The van der Waals surface area contributed by atoms with Gasteiger partial charge in [-0.15, -0.1) is 0 Å². The summed E-state index contributed by atoms with van der Waals surface area (Å²) in [6.45, 7) is 2.31. The highest BCUT2D eigenvalue weighted by Crippen LogP contribution is 2.68. The van der Waals surface area contributed by atoms with Crippen molar-refractivity contribution in [3.8, 4) is 17.8 Å². The first kappa shape index (κ1) is 23.6. The van der Waals surface area contributed by atoms with E-state index in [2.05, 4.69) is 12.1 Å². The molecular formula is C30H21ClN6O2. The van der Waals surface area contributed by atoms with E-state index in [1.54, 1.807) is 54.4 Å². The molecule has 1 fully saturated rings. The summed E-state index contributed by atoms with van der Waals surface area (Å²) in [5.41, 5.74) is -2.72. The third-order valence-corrected chi connectivity index (χ3v) is 9.07. The number of para-hydroxylation sites is 2. The molecule has 1 saturated heterocycles. The predicted octanol–water partition coefficient (Wildman–Crippen LogP) is 3.88. The van der Waals surface area contributed by atoms with Crippen molar-refractivity contribution in [2.24, 2.45) is 5.41 Å². The van der Waals surface area contributed by atoms with Gasteiger partial charge in [0.2, 0.25) is 5.91 Å². The number of aromatic nitrogens is 2. The number of likely N-dealkylation sites (tertiary alicyclic amines) is 1. The van der Waals surface area contributed by atoms with Crippen LogP contribution in [-0.4, -0.2) is 40.5 Å². The molecule has 1 aromatic heterocycles. The normalized spacial score (nSPS) is 24.1. The Balaban J connectivity index is 1.70. The van der Waals surface area contributed by atoms with Crippen molar-refractivity contribution in [1.29, 1.82) is 10.5 Å². The number of hydrogen-bond acceptors (Lipinski definition) is 6. The minimum atomic E-state index is -2.01. The highest BCUT2D eigenvalue weighted by molar-refractivity contribution is 6.30. The molecule has 0 aliphatic carbocycles. The molecule has 39 heavy (non-hydrogen) atoms. The van der Waals surface area contributed by atoms with E-state index < -0.39 is 16.4 Å². The van der Waals surface area contributed by atoms with E-state index in [1.165, 1.54) is 4.57 Å². The van der Waals surface area contributed by atoms with Gasteiger partial charge in [0.05, 0.1) is 28.7 Å². The average molecular weight is 533 g/mol. The molecule has 3 aliphatic rings. The van der Waals surface area contributed by atoms with E-state index >= 15 is 0 Å². The smallest absolute Gasteiger partial charge is 0.266 e. The van der Waals surface area contributed by atoms with Gasteiger partial charge in [0.1, 0.15) is 16.8 Å². The molecular weight excluding hydrogens is 512 g/mol. The quantitative estimate of drug-likeness (QED) is 0.368. The van der Waals surface area contributed by atoms with E-state index in [4.69, 9.17) is 16.6 Å². The monoisotopic (exact) mass is 532 g/mol. The number of anilines is 1. The van der Waals surface area contributed by atoms with Crippen LogP contribution < -0.4 is 10.5 Å². The molecule has 3 aliphatic heterocycles. The number of fused-ring (bicyclic) bond motifs is 8. The van der Waals surface area contributed by atoms with Gasteiger partial charge in [-0.3, -0.25) is 19.1 Å². The van der Waals surface area contributed by atoms with E-state index in [9.17, 15) is 20.1 Å². The van der Waals surface area contributed by atoms with Crippen LogP contribution in [0, 0.1) is 28.1 Å². The number of carbonyl (C=O) groups is 1. The highest BCUT2D eigenvalue weighted by atomic mass is 35.5. The fourth-order valence-corrected chi connectivity index (χ4v) is 7.55. The maximum absolute atomic E-state index is 14.5. The van der Waals surface area contributed by atoms with Gasteiger partial charge in [-0.25, -0.2) is 4.98 Å². The lowest BCUT2D eigenvalue weighted by molar-refractivity contribution is -0.124. The number of carbonyl (C=O) groups excluding carboxylic acids is 1. The van der Waals surface area contributed by atoms with Gasteiger partial charge >= 0.3 is 0 Å². The Labute approximate surface area is 228 Å². The van der Waals surface area contributed by atoms with Crippen LogP contribution in [0.25, 0.3) is 16.6 Å². The van der Waals surface area contributed by atoms with E-state index in [0.29, 0.717) is 45.0 Å². The number of amides is 1. The highest BCUT2D eigenvalue weighted by Gasteiger charge is 2.81. The number of nitrogens with zero attached hydrogens (tertiary/aromatic N) is 6. The SMILES string of the molecule is CCN1C(=O)[C@@]2(CN(C)C3(c4cc(Cl)ccc4-n4c3nc3ccccc3c4=O)C2(C#N)C#N)c2ccccc21. The van der Waals surface area contributed by atoms with Gasteiger partial charge in [0.25, 0.3) is 5.56 Å². The maximum atomic E-state index is 14.5. The summed E-state index contributed by atoms with van der Waals surface area (Å²) < 4.78 is 1.48. The van der Waals surface area contributed by atoms with Crippen molar-refractivity contribution >= 4 is 34.1 Å². The third-order valence-electron chi connectivity index (χ3n) is 8.83. The number of rotatable bonds is 1. The number of hydrogen-bond donors (Lipinski definition) is 0. The Hall–Kier alpha value is -4.50. The summed E-state index contributed by atoms with van der Waals surface area (Å²) in [5.74, 6) is -0.0886. The fourth-order valence-electron chi connectivity index (χ4n) is 7.38. The molecule has 4 aromatic rings. The van der Waals surface area contributed by atoms with E-state index in [-0.39, 0.29) is 23.8 Å². The molecule has 8 nitrogen and oxygen atoms in total. The Morgan fingerprint density at radius 3 is 2.44 bits per heavy atom. The Morgan fingerprint density at radius 1 is 0.974 bits per heavy atom. The topological polar surface area (TPSA) is 106 Å². The Morgan fingerprint density at radius 2 is 1.69 bits per heavy atom. The Bertz CT molecular complexity index is 1910. The fraction of sp³-hybridized carbons (Fsp3) is 0.233. The molecule has 0 N–H and O–H groups in total. The molecule has 3 aromatic carbocycles. The van der Waals surface area contributed by atoms with Gasteiger partial charge in [0, 0.05) is 29.4 Å². The lowest BCUT2D eigenvalue weighted by atomic mass is 9.55. The van der Waals surface area contributed by atoms with Crippen LogP contribution in [0.15, 0.2) is 71.5 Å². The molecule has 1 amide bonds. The van der Waals surface area contributed by atoms with Crippen molar-refractivity contribution in [1.82, 2.24) is 14.5 Å². The second-order valence-electron chi connectivity index (χ2n) is 10.3. The second-order valence-corrected chi connectivity index (χ2v) is 10.7. The maximum Gasteiger partial charge on any atom is 0.266 e. The standard InChI is InChI=1S/C30H21ClN6O2/c1-3-36-23-11-7-5-9-20(23)29(27(36)39)17-35(2)30(28(29,15-32)16-33)21-14-18(31)12-13-24(21)37-25(38)19-8-4-6-10-22(19)34-26(30)37/h4-14H,3,17H2,1-2H3/t29-,30?/m1/s1. The predicted molar refractivity (Wildman–Crippen MR) is 146 cm³/mol. The van der Waals surface area contributed by atoms with Crippen LogP contribution in [0.2, 0.25) is 5.02 Å². The van der Waals surface area contributed by atoms with Gasteiger partial charge < -0.3 is 4.90 Å². The largest absolute Gasteiger partial charge is 0.311 e. The van der Waals surface area contributed by atoms with E-state index in [1.807, 2.05) is 36.1 Å². The van der Waals surface area contributed by atoms with Gasteiger partial charge in [-0.2, -0.15) is 10.5 Å². The molecule has 9 heteroatoms. The summed E-state index contributed by atoms with van der Waals surface area (Å²) in [6, 6.07) is 24.1. The van der Waals surface area contributed by atoms with E-state index in [0.717, 1.165) is 0 Å². The van der Waals surface area contributed by atoms with Gasteiger partial charge in [0.15, 0.2) is 5.41 Å². The molecule has 7 rings (SSSR count). The number of nitriles is 2.